The maximum atomic E-state index is 10.8. The number of non-ortho nitro benzene ring substituents is 1. The highest BCUT2D eigenvalue weighted by molar-refractivity contribution is 5.80. The Hall–Kier alpha value is -3.42. The number of aromatic amines is 1. The molecule has 2 aromatic heterocycles. The fraction of sp³-hybridized carbons (Fsp3) is 0.0667. The van der Waals surface area contributed by atoms with Crippen LogP contribution in [0.5, 0.6) is 0 Å². The number of imidazole rings is 1. The van der Waals surface area contributed by atoms with Crippen molar-refractivity contribution in [2.24, 2.45) is 0 Å². The van der Waals surface area contributed by atoms with Gasteiger partial charge in [0.1, 0.15) is 0 Å². The van der Waals surface area contributed by atoms with Gasteiger partial charge in [-0.1, -0.05) is 12.1 Å². The minimum atomic E-state index is -0.435. The van der Waals surface area contributed by atoms with Crippen LogP contribution in [0.2, 0.25) is 0 Å². The molecule has 0 spiro atoms. The van der Waals surface area contributed by atoms with Crippen LogP contribution in [0, 0.1) is 17.0 Å². The molecule has 0 bridgehead atoms. The smallest absolute Gasteiger partial charge is 0.271 e. The zero-order chi connectivity index (χ0) is 16.0. The van der Waals surface area contributed by atoms with Gasteiger partial charge in [0.05, 0.1) is 16.0 Å². The van der Waals surface area contributed by atoms with Gasteiger partial charge in [-0.2, -0.15) is 4.98 Å². The second-order valence-electron chi connectivity index (χ2n) is 5.24. The fourth-order valence-electron chi connectivity index (χ4n) is 2.48. The molecule has 0 saturated carbocycles. The van der Waals surface area contributed by atoms with E-state index >= 15 is 0 Å². The highest BCUT2D eigenvalue weighted by Crippen LogP contribution is 2.22. The van der Waals surface area contributed by atoms with Crippen LogP contribution in [0.25, 0.3) is 16.8 Å². The summed E-state index contributed by atoms with van der Waals surface area (Å²) in [7, 11) is 0. The lowest BCUT2D eigenvalue weighted by molar-refractivity contribution is -0.384. The van der Waals surface area contributed by atoms with Crippen molar-refractivity contribution in [3.63, 3.8) is 0 Å². The summed E-state index contributed by atoms with van der Waals surface area (Å²) in [5.74, 6) is 1.01. The first-order valence-electron chi connectivity index (χ1n) is 6.96. The summed E-state index contributed by atoms with van der Waals surface area (Å²) >= 11 is 0. The van der Waals surface area contributed by atoms with Crippen LogP contribution in [-0.4, -0.2) is 24.5 Å². The summed E-state index contributed by atoms with van der Waals surface area (Å²) in [5.41, 5.74) is 3.52. The van der Waals surface area contributed by atoms with Crippen LogP contribution in [0.4, 0.5) is 17.3 Å². The molecule has 2 heterocycles. The highest BCUT2D eigenvalue weighted by atomic mass is 16.6. The Bertz CT molecular complexity index is 1050. The average molecular weight is 308 g/mol. The quantitative estimate of drug-likeness (QED) is 0.447. The Morgan fingerprint density at radius 3 is 2.91 bits per heavy atom. The molecule has 0 radical (unpaired) electrons. The molecule has 2 N–H and O–H groups in total. The average Bonchev–Trinajstić information content (AvgIpc) is 3.03. The van der Waals surface area contributed by atoms with E-state index in [1.54, 1.807) is 16.6 Å². The van der Waals surface area contributed by atoms with E-state index in [4.69, 9.17) is 0 Å². The molecule has 0 atom stereocenters. The standard InChI is InChI=1S/C15H12N6O2/c1-9-5-6-13-12(7-9)17-15-18-14(19-20(13)15)16-10-3-2-4-11(8-10)21(22)23/h2-8H,1H3,(H2,16,17,18,19). The van der Waals surface area contributed by atoms with Gasteiger partial charge in [-0.25, -0.2) is 9.50 Å². The molecular weight excluding hydrogens is 296 g/mol. The Kier molecular flexibility index (Phi) is 2.77. The Labute approximate surface area is 129 Å². The van der Waals surface area contributed by atoms with E-state index in [-0.39, 0.29) is 5.69 Å². The molecule has 8 heteroatoms. The number of benzene rings is 2. The van der Waals surface area contributed by atoms with Crippen molar-refractivity contribution in [1.29, 1.82) is 0 Å². The Morgan fingerprint density at radius 1 is 1.22 bits per heavy atom. The van der Waals surface area contributed by atoms with Crippen molar-refractivity contribution in [2.75, 3.05) is 5.32 Å². The number of hydrogen-bond acceptors (Lipinski definition) is 5. The van der Waals surface area contributed by atoms with Crippen molar-refractivity contribution >= 4 is 34.1 Å². The summed E-state index contributed by atoms with van der Waals surface area (Å²) in [6.07, 6.45) is 0. The molecular formula is C15H12N6O2. The number of H-pyrrole nitrogens is 1. The molecule has 4 aromatic rings. The van der Waals surface area contributed by atoms with Crippen LogP contribution in [0.15, 0.2) is 42.5 Å². The summed E-state index contributed by atoms with van der Waals surface area (Å²) in [5, 5.41) is 16.9. The van der Waals surface area contributed by atoms with E-state index in [1.165, 1.54) is 12.1 Å². The number of hydrogen-bond donors (Lipinski definition) is 2. The van der Waals surface area contributed by atoms with Crippen molar-refractivity contribution in [1.82, 2.24) is 19.6 Å². The molecule has 0 aliphatic heterocycles. The number of nitrogens with zero attached hydrogens (tertiary/aromatic N) is 4. The summed E-state index contributed by atoms with van der Waals surface area (Å²) < 4.78 is 1.77. The predicted molar refractivity (Wildman–Crippen MR) is 86.0 cm³/mol. The molecule has 0 aliphatic rings. The zero-order valence-electron chi connectivity index (χ0n) is 12.1. The lowest BCUT2D eigenvalue weighted by atomic mass is 10.2. The third-order valence-corrected chi connectivity index (χ3v) is 3.54. The molecule has 0 aliphatic carbocycles. The van der Waals surface area contributed by atoms with E-state index in [0.717, 1.165) is 16.6 Å². The van der Waals surface area contributed by atoms with Crippen molar-refractivity contribution in [3.8, 4) is 0 Å². The van der Waals surface area contributed by atoms with Gasteiger partial charge in [0.15, 0.2) is 0 Å². The lowest BCUT2D eigenvalue weighted by Crippen LogP contribution is -1.95. The van der Waals surface area contributed by atoms with Gasteiger partial charge in [0.25, 0.3) is 11.5 Å². The number of fused-ring (bicyclic) bond motifs is 3. The third-order valence-electron chi connectivity index (χ3n) is 3.54. The van der Waals surface area contributed by atoms with Gasteiger partial charge >= 0.3 is 0 Å². The summed E-state index contributed by atoms with van der Waals surface area (Å²) in [6, 6.07) is 12.2. The molecule has 4 rings (SSSR count). The maximum Gasteiger partial charge on any atom is 0.271 e. The maximum absolute atomic E-state index is 10.8. The van der Waals surface area contributed by atoms with Gasteiger partial charge in [-0.05, 0) is 30.7 Å². The SMILES string of the molecule is Cc1ccc2c(c1)nc1nc(Nc3cccc([N+](=O)[O-])c3)[nH]n12. The molecule has 0 unspecified atom stereocenters. The molecule has 2 aromatic carbocycles. The molecule has 0 saturated heterocycles. The lowest BCUT2D eigenvalue weighted by Gasteiger charge is -2.01. The summed E-state index contributed by atoms with van der Waals surface area (Å²) in [4.78, 5) is 19.2. The number of anilines is 2. The van der Waals surface area contributed by atoms with Crippen LogP contribution < -0.4 is 5.32 Å². The van der Waals surface area contributed by atoms with E-state index in [0.29, 0.717) is 17.4 Å². The Balaban J connectivity index is 1.72. The van der Waals surface area contributed by atoms with Crippen LogP contribution >= 0.6 is 0 Å². The van der Waals surface area contributed by atoms with E-state index < -0.39 is 4.92 Å². The second kappa shape index (κ2) is 4.80. The number of nitro benzene ring substituents is 1. The largest absolute Gasteiger partial charge is 0.324 e. The normalized spacial score (nSPS) is 11.2. The van der Waals surface area contributed by atoms with E-state index in [9.17, 15) is 10.1 Å². The minimum absolute atomic E-state index is 0.0206. The first kappa shape index (κ1) is 13.3. The number of aromatic nitrogens is 4. The molecule has 114 valence electrons. The molecule has 8 nitrogen and oxygen atoms in total. The molecule has 23 heavy (non-hydrogen) atoms. The number of nitrogens with one attached hydrogen (secondary N) is 2. The molecule has 0 fully saturated rings. The summed E-state index contributed by atoms with van der Waals surface area (Å²) in [6.45, 7) is 2.01. The van der Waals surface area contributed by atoms with Gasteiger partial charge in [0, 0.05) is 17.8 Å². The number of rotatable bonds is 3. The second-order valence-corrected chi connectivity index (χ2v) is 5.24. The topological polar surface area (TPSA) is 101 Å². The van der Waals surface area contributed by atoms with Crippen molar-refractivity contribution in [3.05, 3.63) is 58.1 Å². The van der Waals surface area contributed by atoms with Crippen LogP contribution in [-0.2, 0) is 0 Å². The Morgan fingerprint density at radius 2 is 2.09 bits per heavy atom. The number of aryl methyl sites for hydroxylation is 1. The van der Waals surface area contributed by atoms with Gasteiger partial charge in [-0.15, -0.1) is 0 Å². The highest BCUT2D eigenvalue weighted by Gasteiger charge is 2.11. The predicted octanol–water partition coefficient (Wildman–Crippen LogP) is 3.17. The number of nitro groups is 1. The van der Waals surface area contributed by atoms with Crippen LogP contribution in [0.1, 0.15) is 5.56 Å². The van der Waals surface area contributed by atoms with E-state index in [1.807, 2.05) is 25.1 Å². The fourth-order valence-corrected chi connectivity index (χ4v) is 2.48. The molecule has 0 amide bonds. The van der Waals surface area contributed by atoms with Gasteiger partial charge in [0.2, 0.25) is 5.95 Å². The minimum Gasteiger partial charge on any atom is -0.324 e. The van der Waals surface area contributed by atoms with E-state index in [2.05, 4.69) is 20.4 Å². The van der Waals surface area contributed by atoms with Crippen LogP contribution in [0.3, 0.4) is 0 Å². The monoisotopic (exact) mass is 308 g/mol. The van der Waals surface area contributed by atoms with Gasteiger partial charge in [-0.3, -0.25) is 15.2 Å². The first-order chi connectivity index (χ1) is 11.1. The van der Waals surface area contributed by atoms with Crippen molar-refractivity contribution < 1.29 is 4.92 Å². The third kappa shape index (κ3) is 2.26. The van der Waals surface area contributed by atoms with Crippen molar-refractivity contribution in [2.45, 2.75) is 6.92 Å². The van der Waals surface area contributed by atoms with Gasteiger partial charge < -0.3 is 5.32 Å². The zero-order valence-corrected chi connectivity index (χ0v) is 12.1. The first-order valence-corrected chi connectivity index (χ1v) is 6.96.